The third-order valence-electron chi connectivity index (χ3n) is 6.93. The number of aryl methyl sites for hydroxylation is 1. The molecule has 1 amide bonds. The molecular weight excluding hydrogens is 621 g/mol. The Kier molecular flexibility index (Phi) is 7.24. The third-order valence-corrected chi connectivity index (χ3v) is 7.68. The SMILES string of the molecule is Cc1ccnc(Oc2ccc(-n3c(-c4cnn(C5CCN(C(=O)OC(C)(C)C)C5)c4)c(Br)c4ncnc(N)c43)cc2F)n1. The summed E-state index contributed by atoms with van der Waals surface area (Å²) < 4.78 is 30.9. The topological polar surface area (TPSA) is 139 Å². The molecule has 1 aliphatic heterocycles. The van der Waals surface area contributed by atoms with Gasteiger partial charge in [-0.3, -0.25) is 4.68 Å². The highest BCUT2D eigenvalue weighted by molar-refractivity contribution is 9.10. The lowest BCUT2D eigenvalue weighted by atomic mass is 10.2. The fraction of sp³-hybridized carbons (Fsp3) is 0.310. The lowest BCUT2D eigenvalue weighted by Gasteiger charge is -2.24. The Labute approximate surface area is 254 Å². The number of halogens is 2. The Bertz CT molecular complexity index is 1850. The minimum Gasteiger partial charge on any atom is -0.444 e. The van der Waals surface area contributed by atoms with Gasteiger partial charge in [-0.25, -0.2) is 29.1 Å². The molecule has 1 aromatic carbocycles. The van der Waals surface area contributed by atoms with Gasteiger partial charge in [-0.05, 0) is 68.2 Å². The number of nitrogens with zero attached hydrogens (tertiary/aromatic N) is 8. The zero-order chi connectivity index (χ0) is 30.5. The van der Waals surface area contributed by atoms with Gasteiger partial charge in [0, 0.05) is 48.5 Å². The minimum absolute atomic E-state index is 0.0285. The molecule has 4 aromatic heterocycles. The zero-order valence-corrected chi connectivity index (χ0v) is 25.5. The largest absolute Gasteiger partial charge is 0.444 e. The number of rotatable bonds is 5. The van der Waals surface area contributed by atoms with Crippen molar-refractivity contribution in [2.75, 3.05) is 18.8 Å². The van der Waals surface area contributed by atoms with Crippen LogP contribution in [0.1, 0.15) is 38.9 Å². The standard InChI is InChI=1S/C29H29BrFN9O3/c1-16-7-9-33-27(37-16)42-21-6-5-18(11-20(21)31)40-24(22(30)23-25(40)26(32)35-15-34-23)17-12-36-39(13-17)19-8-10-38(14-19)28(41)43-29(2,3)4/h5-7,9,11-13,15,19H,8,10,14H2,1-4H3,(H2,32,34,35). The van der Waals surface area contributed by atoms with Crippen molar-refractivity contribution in [3.05, 3.63) is 65.2 Å². The summed E-state index contributed by atoms with van der Waals surface area (Å²) in [6.07, 6.45) is 6.92. The van der Waals surface area contributed by atoms with Crippen LogP contribution in [0.15, 0.2) is 53.7 Å². The second-order valence-corrected chi connectivity index (χ2v) is 12.0. The van der Waals surface area contributed by atoms with Crippen molar-refractivity contribution < 1.29 is 18.7 Å². The van der Waals surface area contributed by atoms with Crippen LogP contribution in [0.2, 0.25) is 0 Å². The van der Waals surface area contributed by atoms with Gasteiger partial charge in [0.1, 0.15) is 23.0 Å². The summed E-state index contributed by atoms with van der Waals surface area (Å²) in [5, 5.41) is 4.63. The molecule has 5 heterocycles. The number of fused-ring (bicyclic) bond motifs is 1. The van der Waals surface area contributed by atoms with Crippen LogP contribution < -0.4 is 10.5 Å². The summed E-state index contributed by atoms with van der Waals surface area (Å²) in [5.74, 6) is -0.424. The summed E-state index contributed by atoms with van der Waals surface area (Å²) in [7, 11) is 0. The lowest BCUT2D eigenvalue weighted by Crippen LogP contribution is -2.35. The van der Waals surface area contributed by atoms with Gasteiger partial charge >= 0.3 is 12.1 Å². The first-order valence-electron chi connectivity index (χ1n) is 13.6. The predicted octanol–water partition coefficient (Wildman–Crippen LogP) is 5.84. The number of anilines is 1. The number of nitrogens with two attached hydrogens (primary N) is 1. The van der Waals surface area contributed by atoms with E-state index in [4.69, 9.17) is 15.2 Å². The Morgan fingerprint density at radius 1 is 1.19 bits per heavy atom. The van der Waals surface area contributed by atoms with Crippen molar-refractivity contribution >= 4 is 38.9 Å². The van der Waals surface area contributed by atoms with Crippen molar-refractivity contribution in [1.29, 1.82) is 0 Å². The summed E-state index contributed by atoms with van der Waals surface area (Å²) in [6, 6.07) is 6.28. The van der Waals surface area contributed by atoms with Gasteiger partial charge in [-0.1, -0.05) is 0 Å². The monoisotopic (exact) mass is 649 g/mol. The van der Waals surface area contributed by atoms with E-state index in [9.17, 15) is 4.79 Å². The number of hydrogen-bond donors (Lipinski definition) is 1. The van der Waals surface area contributed by atoms with E-state index in [-0.39, 0.29) is 29.7 Å². The molecule has 0 radical (unpaired) electrons. The van der Waals surface area contributed by atoms with Crippen LogP contribution in [0, 0.1) is 12.7 Å². The van der Waals surface area contributed by atoms with Crippen molar-refractivity contribution in [2.45, 2.75) is 45.8 Å². The van der Waals surface area contributed by atoms with Gasteiger partial charge in [0.25, 0.3) is 0 Å². The quantitative estimate of drug-likeness (QED) is 0.249. The van der Waals surface area contributed by atoms with Crippen molar-refractivity contribution in [2.24, 2.45) is 0 Å². The molecule has 5 aromatic rings. The third kappa shape index (κ3) is 5.61. The van der Waals surface area contributed by atoms with E-state index in [1.165, 1.54) is 18.5 Å². The highest BCUT2D eigenvalue weighted by Gasteiger charge is 2.32. The van der Waals surface area contributed by atoms with E-state index in [2.05, 4.69) is 41.0 Å². The van der Waals surface area contributed by atoms with Gasteiger partial charge in [-0.15, -0.1) is 0 Å². The average molecular weight is 651 g/mol. The van der Waals surface area contributed by atoms with Crippen LogP contribution in [-0.2, 0) is 4.74 Å². The molecule has 12 nitrogen and oxygen atoms in total. The first kappa shape index (κ1) is 28.5. The smallest absolute Gasteiger partial charge is 0.410 e. The average Bonchev–Trinajstić information content (AvgIpc) is 3.68. The molecule has 14 heteroatoms. The van der Waals surface area contributed by atoms with Gasteiger partial charge in [-0.2, -0.15) is 5.10 Å². The van der Waals surface area contributed by atoms with Gasteiger partial charge < -0.3 is 24.7 Å². The van der Waals surface area contributed by atoms with E-state index in [1.54, 1.807) is 40.9 Å². The lowest BCUT2D eigenvalue weighted by molar-refractivity contribution is 0.0288. The number of nitrogen functional groups attached to an aromatic ring is 1. The highest BCUT2D eigenvalue weighted by atomic mass is 79.9. The molecule has 2 N–H and O–H groups in total. The van der Waals surface area contributed by atoms with Gasteiger partial charge in [0.15, 0.2) is 17.4 Å². The maximum absolute atomic E-state index is 15.4. The first-order chi connectivity index (χ1) is 20.5. The number of ether oxygens (including phenoxy) is 2. The second-order valence-electron chi connectivity index (χ2n) is 11.2. The Morgan fingerprint density at radius 2 is 2.00 bits per heavy atom. The molecule has 1 unspecified atom stereocenters. The summed E-state index contributed by atoms with van der Waals surface area (Å²) in [4.78, 5) is 31.1. The van der Waals surface area contributed by atoms with Crippen LogP contribution in [0.3, 0.4) is 0 Å². The van der Waals surface area contributed by atoms with Crippen molar-refractivity contribution in [3.63, 3.8) is 0 Å². The molecule has 222 valence electrons. The van der Waals surface area contributed by atoms with Crippen LogP contribution in [-0.4, -0.2) is 64.0 Å². The molecule has 6 rings (SSSR count). The van der Waals surface area contributed by atoms with Crippen LogP contribution >= 0.6 is 15.9 Å². The van der Waals surface area contributed by atoms with E-state index in [0.29, 0.717) is 45.7 Å². The molecule has 0 saturated carbocycles. The Hall–Kier alpha value is -4.59. The molecule has 1 saturated heterocycles. The number of carbonyl (C=O) groups excluding carboxylic acids is 1. The second kappa shape index (κ2) is 10.9. The number of amides is 1. The molecular formula is C29H29BrFN9O3. The number of carbonyl (C=O) groups is 1. The molecule has 43 heavy (non-hydrogen) atoms. The summed E-state index contributed by atoms with van der Waals surface area (Å²) >= 11 is 3.70. The van der Waals surface area contributed by atoms with Crippen molar-refractivity contribution in [3.8, 4) is 28.7 Å². The van der Waals surface area contributed by atoms with Gasteiger partial charge in [0.2, 0.25) is 0 Å². The zero-order valence-electron chi connectivity index (χ0n) is 24.0. The molecule has 1 atom stereocenters. The van der Waals surface area contributed by atoms with Gasteiger partial charge in [0.05, 0.1) is 22.4 Å². The number of likely N-dealkylation sites (tertiary alicyclic amines) is 1. The van der Waals surface area contributed by atoms with E-state index < -0.39 is 11.4 Å². The minimum atomic E-state index is -0.620. The summed E-state index contributed by atoms with van der Waals surface area (Å²) in [6.45, 7) is 8.36. The fourth-order valence-electron chi connectivity index (χ4n) is 5.00. The van der Waals surface area contributed by atoms with Crippen LogP contribution in [0.4, 0.5) is 15.0 Å². The highest BCUT2D eigenvalue weighted by Crippen LogP contribution is 2.41. The Morgan fingerprint density at radius 3 is 2.74 bits per heavy atom. The number of benzene rings is 1. The molecule has 0 aliphatic carbocycles. The van der Waals surface area contributed by atoms with E-state index in [1.807, 2.05) is 31.6 Å². The first-order valence-corrected chi connectivity index (χ1v) is 14.4. The van der Waals surface area contributed by atoms with E-state index >= 15 is 4.39 Å². The molecule has 0 spiro atoms. The van der Waals surface area contributed by atoms with E-state index in [0.717, 1.165) is 12.0 Å². The maximum atomic E-state index is 15.4. The van der Waals surface area contributed by atoms with Crippen molar-refractivity contribution in [1.82, 2.24) is 39.2 Å². The Balaban J connectivity index is 1.36. The van der Waals surface area contributed by atoms with Crippen LogP contribution in [0.25, 0.3) is 28.0 Å². The molecule has 1 fully saturated rings. The molecule has 0 bridgehead atoms. The number of hydrogen-bond acceptors (Lipinski definition) is 9. The fourth-order valence-corrected chi connectivity index (χ4v) is 5.70. The van der Waals surface area contributed by atoms with Crippen LogP contribution in [0.5, 0.6) is 11.8 Å². The summed E-state index contributed by atoms with van der Waals surface area (Å²) in [5.41, 5.74) is 9.37. The number of aromatic nitrogens is 7. The predicted molar refractivity (Wildman–Crippen MR) is 160 cm³/mol. The normalized spacial score (nSPS) is 15.3. The maximum Gasteiger partial charge on any atom is 0.410 e. The molecule has 1 aliphatic rings.